The third kappa shape index (κ3) is 4.41. The van der Waals surface area contributed by atoms with E-state index in [9.17, 15) is 16.8 Å². The molecule has 28 heavy (non-hydrogen) atoms. The van der Waals surface area contributed by atoms with Crippen molar-refractivity contribution in [3.05, 3.63) is 48.0 Å². The van der Waals surface area contributed by atoms with E-state index in [1.54, 1.807) is 43.3 Å². The van der Waals surface area contributed by atoms with Crippen molar-refractivity contribution in [3.63, 3.8) is 0 Å². The third-order valence-electron chi connectivity index (χ3n) is 4.50. The smallest absolute Gasteiger partial charge is 0.262 e. The number of aryl methyl sites for hydroxylation is 1. The molecule has 1 heterocycles. The van der Waals surface area contributed by atoms with Crippen molar-refractivity contribution in [2.24, 2.45) is 0 Å². The average Bonchev–Trinajstić information content (AvgIpc) is 2.62. The maximum Gasteiger partial charge on any atom is 0.262 e. The second kappa shape index (κ2) is 8.00. The summed E-state index contributed by atoms with van der Waals surface area (Å²) in [5, 5.41) is 0. The number of nitrogens with zero attached hydrogens (tertiary/aromatic N) is 1. The lowest BCUT2D eigenvalue weighted by atomic mass is 10.2. The highest BCUT2D eigenvalue weighted by molar-refractivity contribution is 7.93. The van der Waals surface area contributed by atoms with Gasteiger partial charge >= 0.3 is 0 Å². The number of nitrogens with one attached hydrogen (secondary N) is 1. The zero-order chi connectivity index (χ0) is 20.4. The first-order chi connectivity index (χ1) is 13.2. The van der Waals surface area contributed by atoms with Crippen LogP contribution in [0.1, 0.15) is 25.3 Å². The molecule has 0 bridgehead atoms. The predicted molar refractivity (Wildman–Crippen MR) is 110 cm³/mol. The summed E-state index contributed by atoms with van der Waals surface area (Å²) in [4.78, 5) is 0.111. The van der Waals surface area contributed by atoms with Crippen LogP contribution >= 0.6 is 0 Å². The molecule has 3 rings (SSSR count). The highest BCUT2D eigenvalue weighted by Gasteiger charge is 2.27. The molecular weight excluding hydrogens is 400 g/mol. The largest absolute Gasteiger partial charge is 0.494 e. The Morgan fingerprint density at radius 3 is 2.43 bits per heavy atom. The summed E-state index contributed by atoms with van der Waals surface area (Å²) in [5.74, 6) is 0.777. The van der Waals surface area contributed by atoms with Gasteiger partial charge in [0.15, 0.2) is 0 Å². The lowest BCUT2D eigenvalue weighted by Crippen LogP contribution is -2.37. The van der Waals surface area contributed by atoms with Crippen molar-refractivity contribution < 1.29 is 21.6 Å². The monoisotopic (exact) mass is 424 g/mol. The van der Waals surface area contributed by atoms with Gasteiger partial charge in [-0.05, 0) is 74.7 Å². The molecule has 0 unspecified atom stereocenters. The number of hydrogen-bond acceptors (Lipinski definition) is 5. The molecule has 1 aliphatic rings. The number of benzene rings is 2. The van der Waals surface area contributed by atoms with Gasteiger partial charge in [0, 0.05) is 12.2 Å². The zero-order valence-electron chi connectivity index (χ0n) is 15.9. The van der Waals surface area contributed by atoms with Crippen molar-refractivity contribution in [2.45, 2.75) is 31.6 Å². The third-order valence-corrected chi connectivity index (χ3v) is 7.91. The molecule has 1 aliphatic heterocycles. The Labute approximate surface area is 166 Å². The number of rotatable bonds is 6. The Morgan fingerprint density at radius 1 is 1.11 bits per heavy atom. The van der Waals surface area contributed by atoms with Gasteiger partial charge in [0.1, 0.15) is 5.75 Å². The van der Waals surface area contributed by atoms with Crippen LogP contribution in [0.15, 0.2) is 47.4 Å². The molecule has 9 heteroatoms. The first kappa shape index (κ1) is 20.5. The number of hydrogen-bond donors (Lipinski definition) is 1. The molecule has 1 N–H and O–H groups in total. The van der Waals surface area contributed by atoms with E-state index in [4.69, 9.17) is 4.74 Å². The number of anilines is 2. The van der Waals surface area contributed by atoms with E-state index in [0.717, 1.165) is 6.42 Å². The van der Waals surface area contributed by atoms with Crippen molar-refractivity contribution >= 4 is 31.4 Å². The minimum absolute atomic E-state index is 0.111. The second-order valence-electron chi connectivity index (χ2n) is 6.61. The molecule has 0 aromatic heterocycles. The van der Waals surface area contributed by atoms with Gasteiger partial charge in [0.25, 0.3) is 10.0 Å². The molecule has 0 aliphatic carbocycles. The van der Waals surface area contributed by atoms with Gasteiger partial charge in [0.2, 0.25) is 10.0 Å². The van der Waals surface area contributed by atoms with E-state index in [1.807, 2.05) is 6.92 Å². The maximum absolute atomic E-state index is 12.8. The van der Waals surface area contributed by atoms with Crippen LogP contribution in [0.3, 0.4) is 0 Å². The summed E-state index contributed by atoms with van der Waals surface area (Å²) >= 11 is 0. The summed E-state index contributed by atoms with van der Waals surface area (Å²) in [6, 6.07) is 11.3. The maximum atomic E-state index is 12.8. The van der Waals surface area contributed by atoms with Gasteiger partial charge in [-0.3, -0.25) is 9.03 Å². The van der Waals surface area contributed by atoms with E-state index >= 15 is 0 Å². The van der Waals surface area contributed by atoms with Crippen LogP contribution in [-0.4, -0.2) is 35.7 Å². The van der Waals surface area contributed by atoms with Crippen molar-refractivity contribution in [3.8, 4) is 5.75 Å². The first-order valence-electron chi connectivity index (χ1n) is 9.10. The molecule has 0 atom stereocenters. The topological polar surface area (TPSA) is 92.8 Å². The Bertz CT molecular complexity index is 1050. The van der Waals surface area contributed by atoms with Crippen LogP contribution in [-0.2, 0) is 20.0 Å². The molecule has 7 nitrogen and oxygen atoms in total. The number of sulfonamides is 2. The van der Waals surface area contributed by atoms with Gasteiger partial charge in [0.05, 0.1) is 22.9 Å². The van der Waals surface area contributed by atoms with Gasteiger partial charge < -0.3 is 4.74 Å². The molecule has 2 aromatic carbocycles. The highest BCUT2D eigenvalue weighted by Crippen LogP contribution is 2.28. The molecule has 1 fully saturated rings. The normalized spacial score (nSPS) is 16.6. The van der Waals surface area contributed by atoms with Crippen LogP contribution in [0.5, 0.6) is 5.75 Å². The zero-order valence-corrected chi connectivity index (χ0v) is 17.5. The fraction of sp³-hybridized carbons (Fsp3) is 0.368. The van der Waals surface area contributed by atoms with Crippen LogP contribution in [0.4, 0.5) is 11.4 Å². The average molecular weight is 425 g/mol. The van der Waals surface area contributed by atoms with Crippen molar-refractivity contribution in [2.75, 3.05) is 27.9 Å². The van der Waals surface area contributed by atoms with Crippen LogP contribution in [0.2, 0.25) is 0 Å². The summed E-state index contributed by atoms with van der Waals surface area (Å²) < 4.78 is 59.4. The van der Waals surface area contributed by atoms with Gasteiger partial charge in [-0.15, -0.1) is 0 Å². The molecule has 0 radical (unpaired) electrons. The Morgan fingerprint density at radius 2 is 1.82 bits per heavy atom. The molecule has 0 spiro atoms. The van der Waals surface area contributed by atoms with E-state index in [0.29, 0.717) is 42.3 Å². The molecule has 0 saturated carbocycles. The fourth-order valence-electron chi connectivity index (χ4n) is 3.17. The second-order valence-corrected chi connectivity index (χ2v) is 10.3. The highest BCUT2D eigenvalue weighted by atomic mass is 32.2. The van der Waals surface area contributed by atoms with Crippen molar-refractivity contribution in [1.29, 1.82) is 0 Å². The quantitative estimate of drug-likeness (QED) is 0.769. The van der Waals surface area contributed by atoms with E-state index in [1.165, 1.54) is 10.4 Å². The van der Waals surface area contributed by atoms with Crippen molar-refractivity contribution in [1.82, 2.24) is 0 Å². The number of ether oxygens (including phenoxy) is 1. The summed E-state index contributed by atoms with van der Waals surface area (Å²) in [5.41, 5.74) is 1.40. The summed E-state index contributed by atoms with van der Waals surface area (Å²) in [6.45, 7) is 4.48. The Hall–Kier alpha value is -2.26. The SMILES string of the molecule is CCOc1ccc(NS(=O)(=O)c2ccc(N3CCCCS3(=O)=O)cc2C)cc1. The molecule has 152 valence electrons. The van der Waals surface area contributed by atoms with Crippen LogP contribution in [0.25, 0.3) is 0 Å². The minimum atomic E-state index is -3.80. The molecular formula is C19H24N2O5S2. The molecule has 0 amide bonds. The van der Waals surface area contributed by atoms with E-state index in [-0.39, 0.29) is 10.6 Å². The summed E-state index contributed by atoms with van der Waals surface area (Å²) in [7, 11) is -7.15. The predicted octanol–water partition coefficient (Wildman–Crippen LogP) is 3.12. The standard InChI is InChI=1S/C19H24N2O5S2/c1-3-26-18-9-6-16(7-10-18)20-28(24,25)19-11-8-17(14-15(19)2)21-12-4-5-13-27(21,22)23/h6-11,14,20H,3-5,12-13H2,1-2H3. The van der Waals surface area contributed by atoms with Crippen LogP contribution < -0.4 is 13.8 Å². The molecule has 1 saturated heterocycles. The van der Waals surface area contributed by atoms with E-state index < -0.39 is 20.0 Å². The Kier molecular flexibility index (Phi) is 5.85. The van der Waals surface area contributed by atoms with E-state index in [2.05, 4.69) is 4.72 Å². The first-order valence-corrected chi connectivity index (χ1v) is 12.2. The van der Waals surface area contributed by atoms with Crippen LogP contribution in [0, 0.1) is 6.92 Å². The van der Waals surface area contributed by atoms with Gasteiger partial charge in [-0.2, -0.15) is 0 Å². The van der Waals surface area contributed by atoms with Gasteiger partial charge in [-0.1, -0.05) is 0 Å². The molecule has 2 aromatic rings. The fourth-order valence-corrected chi connectivity index (χ4v) is 6.08. The summed E-state index contributed by atoms with van der Waals surface area (Å²) in [6.07, 6.45) is 1.44. The lowest BCUT2D eigenvalue weighted by Gasteiger charge is -2.28. The van der Waals surface area contributed by atoms with Gasteiger partial charge in [-0.25, -0.2) is 16.8 Å². The minimum Gasteiger partial charge on any atom is -0.494 e. The lowest BCUT2D eigenvalue weighted by molar-refractivity contribution is 0.340. The Balaban J connectivity index is 1.84.